The summed E-state index contributed by atoms with van der Waals surface area (Å²) in [7, 11) is 0. The third kappa shape index (κ3) is 1.61. The predicted molar refractivity (Wildman–Crippen MR) is 69.8 cm³/mol. The van der Waals surface area contributed by atoms with Gasteiger partial charge in [0, 0.05) is 5.39 Å². The van der Waals surface area contributed by atoms with Gasteiger partial charge >= 0.3 is 0 Å². The number of hydrogen-bond acceptors (Lipinski definition) is 2. The van der Waals surface area contributed by atoms with E-state index in [1.54, 1.807) is 11.3 Å². The van der Waals surface area contributed by atoms with Crippen molar-refractivity contribution in [2.45, 2.75) is 6.92 Å². The number of nitrogens with zero attached hydrogens (tertiary/aromatic N) is 1. The van der Waals surface area contributed by atoms with Gasteiger partial charge in [-0.1, -0.05) is 24.3 Å². The number of fused-ring (bicyclic) bond motifs is 1. The minimum absolute atomic E-state index is 1.06. The van der Waals surface area contributed by atoms with Crippen LogP contribution < -0.4 is 0 Å². The number of rotatable bonds is 1. The summed E-state index contributed by atoms with van der Waals surface area (Å²) in [5.41, 5.74) is 3.43. The van der Waals surface area contributed by atoms with Gasteiger partial charge in [-0.15, -0.1) is 11.3 Å². The molecule has 2 heteroatoms. The molecule has 3 aromatic rings. The summed E-state index contributed by atoms with van der Waals surface area (Å²) in [6, 6.07) is 14.6. The van der Waals surface area contributed by atoms with Crippen LogP contribution in [0, 0.1) is 6.92 Å². The summed E-state index contributed by atoms with van der Waals surface area (Å²) >= 11 is 1.75. The van der Waals surface area contributed by atoms with Gasteiger partial charge in [0.1, 0.15) is 0 Å². The number of thiophene rings is 1. The largest absolute Gasteiger partial charge is 0.247 e. The lowest BCUT2D eigenvalue weighted by atomic mass is 10.2. The van der Waals surface area contributed by atoms with Crippen molar-refractivity contribution in [3.63, 3.8) is 0 Å². The van der Waals surface area contributed by atoms with Crippen molar-refractivity contribution in [1.29, 1.82) is 0 Å². The second kappa shape index (κ2) is 3.72. The van der Waals surface area contributed by atoms with Gasteiger partial charge < -0.3 is 0 Å². The molecule has 0 aliphatic carbocycles. The molecule has 1 nitrogen and oxygen atoms in total. The van der Waals surface area contributed by atoms with E-state index in [1.165, 1.54) is 15.8 Å². The fourth-order valence-electron chi connectivity index (χ4n) is 1.77. The highest BCUT2D eigenvalue weighted by Crippen LogP contribution is 2.26. The summed E-state index contributed by atoms with van der Waals surface area (Å²) in [5, 5.41) is 3.35. The molecule has 0 fully saturated rings. The van der Waals surface area contributed by atoms with E-state index in [0.29, 0.717) is 0 Å². The predicted octanol–water partition coefficient (Wildman–Crippen LogP) is 4.27. The maximum Gasteiger partial charge on any atom is 0.0809 e. The monoisotopic (exact) mass is 225 g/mol. The summed E-state index contributed by atoms with van der Waals surface area (Å²) < 4.78 is 0. The van der Waals surface area contributed by atoms with Crippen LogP contribution in [0.5, 0.6) is 0 Å². The Morgan fingerprint density at radius 1 is 1.06 bits per heavy atom. The van der Waals surface area contributed by atoms with Gasteiger partial charge in [0.05, 0.1) is 16.1 Å². The number of para-hydroxylation sites is 1. The van der Waals surface area contributed by atoms with E-state index in [0.717, 1.165) is 11.2 Å². The first-order valence-electron chi connectivity index (χ1n) is 5.24. The molecular weight excluding hydrogens is 214 g/mol. The van der Waals surface area contributed by atoms with E-state index in [9.17, 15) is 0 Å². The van der Waals surface area contributed by atoms with Gasteiger partial charge in [0.15, 0.2) is 0 Å². The number of hydrogen-bond donors (Lipinski definition) is 0. The van der Waals surface area contributed by atoms with E-state index in [-0.39, 0.29) is 0 Å². The Balaban J connectivity index is 2.18. The molecule has 0 bridgehead atoms. The molecule has 78 valence electrons. The van der Waals surface area contributed by atoms with E-state index in [2.05, 4.69) is 47.6 Å². The highest BCUT2D eigenvalue weighted by Gasteiger charge is 2.02. The van der Waals surface area contributed by atoms with Gasteiger partial charge in [-0.05, 0) is 36.1 Å². The van der Waals surface area contributed by atoms with Crippen molar-refractivity contribution in [2.24, 2.45) is 0 Å². The van der Waals surface area contributed by atoms with Crippen molar-refractivity contribution < 1.29 is 0 Å². The number of pyridine rings is 1. The molecule has 0 atom stereocenters. The lowest BCUT2D eigenvalue weighted by Gasteiger charge is -2.00. The highest BCUT2D eigenvalue weighted by atomic mass is 32.1. The van der Waals surface area contributed by atoms with Gasteiger partial charge in [0.25, 0.3) is 0 Å². The van der Waals surface area contributed by atoms with Crippen molar-refractivity contribution in [2.75, 3.05) is 0 Å². The van der Waals surface area contributed by atoms with Gasteiger partial charge in [-0.25, -0.2) is 4.98 Å². The Kier molecular flexibility index (Phi) is 2.22. The Bertz CT molecular complexity index is 640. The van der Waals surface area contributed by atoms with Crippen LogP contribution in [0.4, 0.5) is 0 Å². The van der Waals surface area contributed by atoms with Crippen molar-refractivity contribution >= 4 is 22.2 Å². The first-order valence-corrected chi connectivity index (χ1v) is 6.12. The zero-order chi connectivity index (χ0) is 11.0. The summed E-state index contributed by atoms with van der Waals surface area (Å²) in [5.74, 6) is 0. The standard InChI is InChI=1S/C14H11NS/c1-10-8-14(16-9-10)13-7-6-11-4-2-3-5-12(11)15-13/h2-9H,1H3. The second-order valence-corrected chi connectivity index (χ2v) is 4.79. The summed E-state index contributed by atoms with van der Waals surface area (Å²) in [6.45, 7) is 2.11. The molecular formula is C14H11NS. The van der Waals surface area contributed by atoms with Crippen LogP contribution in [0.3, 0.4) is 0 Å². The third-order valence-corrected chi connectivity index (χ3v) is 3.65. The Labute approximate surface area is 98.4 Å². The second-order valence-electron chi connectivity index (χ2n) is 3.88. The minimum atomic E-state index is 1.06. The first-order chi connectivity index (χ1) is 7.83. The molecule has 0 amide bonds. The Morgan fingerprint density at radius 3 is 2.75 bits per heavy atom. The molecule has 2 aromatic heterocycles. The molecule has 0 unspecified atom stereocenters. The zero-order valence-electron chi connectivity index (χ0n) is 8.97. The zero-order valence-corrected chi connectivity index (χ0v) is 9.79. The lowest BCUT2D eigenvalue weighted by Crippen LogP contribution is -1.82. The fourth-order valence-corrected chi connectivity index (χ4v) is 2.64. The summed E-state index contributed by atoms with van der Waals surface area (Å²) in [4.78, 5) is 5.91. The first kappa shape index (κ1) is 9.55. The molecule has 0 aliphatic rings. The molecule has 0 saturated carbocycles. The third-order valence-electron chi connectivity index (χ3n) is 2.58. The molecule has 0 spiro atoms. The average molecular weight is 225 g/mol. The van der Waals surface area contributed by atoms with Crippen LogP contribution in [0.15, 0.2) is 47.8 Å². The van der Waals surface area contributed by atoms with E-state index in [1.807, 2.05) is 12.1 Å². The normalized spacial score (nSPS) is 10.8. The van der Waals surface area contributed by atoms with E-state index in [4.69, 9.17) is 0 Å². The molecule has 0 aliphatic heterocycles. The Morgan fingerprint density at radius 2 is 1.94 bits per heavy atom. The van der Waals surface area contributed by atoms with Crippen molar-refractivity contribution in [3.8, 4) is 10.6 Å². The fraction of sp³-hybridized carbons (Fsp3) is 0.0714. The molecule has 3 rings (SSSR count). The topological polar surface area (TPSA) is 12.9 Å². The molecule has 2 heterocycles. The molecule has 0 saturated heterocycles. The maximum atomic E-state index is 4.67. The Hall–Kier alpha value is -1.67. The molecule has 0 radical (unpaired) electrons. The van der Waals surface area contributed by atoms with E-state index < -0.39 is 0 Å². The maximum absolute atomic E-state index is 4.67. The average Bonchev–Trinajstić information content (AvgIpc) is 2.75. The quantitative estimate of drug-likeness (QED) is 0.602. The van der Waals surface area contributed by atoms with Crippen LogP contribution >= 0.6 is 11.3 Å². The van der Waals surface area contributed by atoms with Crippen LogP contribution in [0.25, 0.3) is 21.5 Å². The van der Waals surface area contributed by atoms with Gasteiger partial charge in [-0.3, -0.25) is 0 Å². The van der Waals surface area contributed by atoms with Crippen LogP contribution in [0.1, 0.15) is 5.56 Å². The van der Waals surface area contributed by atoms with Crippen molar-refractivity contribution in [1.82, 2.24) is 4.98 Å². The number of aromatic nitrogens is 1. The van der Waals surface area contributed by atoms with Crippen LogP contribution in [-0.4, -0.2) is 4.98 Å². The van der Waals surface area contributed by atoms with Gasteiger partial charge in [0.2, 0.25) is 0 Å². The smallest absolute Gasteiger partial charge is 0.0809 e. The van der Waals surface area contributed by atoms with Crippen LogP contribution in [-0.2, 0) is 0 Å². The van der Waals surface area contributed by atoms with E-state index >= 15 is 0 Å². The SMILES string of the molecule is Cc1csc(-c2ccc3ccccc3n2)c1. The minimum Gasteiger partial charge on any atom is -0.247 e. The molecule has 16 heavy (non-hydrogen) atoms. The molecule has 0 N–H and O–H groups in total. The number of benzene rings is 1. The summed E-state index contributed by atoms with van der Waals surface area (Å²) in [6.07, 6.45) is 0. The number of aryl methyl sites for hydroxylation is 1. The van der Waals surface area contributed by atoms with Gasteiger partial charge in [-0.2, -0.15) is 0 Å². The lowest BCUT2D eigenvalue weighted by molar-refractivity contribution is 1.41. The molecule has 1 aromatic carbocycles. The highest BCUT2D eigenvalue weighted by molar-refractivity contribution is 7.13. The van der Waals surface area contributed by atoms with Crippen LogP contribution in [0.2, 0.25) is 0 Å². The van der Waals surface area contributed by atoms with Crippen molar-refractivity contribution in [3.05, 3.63) is 53.4 Å².